The van der Waals surface area contributed by atoms with Gasteiger partial charge in [-0.15, -0.1) is 0 Å². The second-order valence-corrected chi connectivity index (χ2v) is 4.22. The van der Waals surface area contributed by atoms with Crippen LogP contribution in [0.5, 0.6) is 5.88 Å². The number of halogens is 1. The summed E-state index contributed by atoms with van der Waals surface area (Å²) in [6.45, 7) is 3.87. The van der Waals surface area contributed by atoms with Crippen LogP contribution in [0.1, 0.15) is 26.2 Å². The molecule has 100 valence electrons. The molecule has 1 aliphatic rings. The SMILES string of the molecule is CCCNc1ncc(F)c(OCC2CCCO2)n1. The van der Waals surface area contributed by atoms with Gasteiger partial charge in [-0.25, -0.2) is 4.98 Å². The average molecular weight is 255 g/mol. The summed E-state index contributed by atoms with van der Waals surface area (Å²) in [6, 6.07) is 0. The van der Waals surface area contributed by atoms with E-state index in [4.69, 9.17) is 9.47 Å². The fourth-order valence-electron chi connectivity index (χ4n) is 1.72. The van der Waals surface area contributed by atoms with Gasteiger partial charge in [0.05, 0.1) is 12.3 Å². The van der Waals surface area contributed by atoms with Gasteiger partial charge in [-0.05, 0) is 19.3 Å². The molecule has 0 saturated carbocycles. The summed E-state index contributed by atoms with van der Waals surface area (Å²) in [7, 11) is 0. The van der Waals surface area contributed by atoms with Crippen molar-refractivity contribution in [1.29, 1.82) is 0 Å². The molecule has 0 aromatic carbocycles. The van der Waals surface area contributed by atoms with Crippen molar-refractivity contribution in [2.75, 3.05) is 25.1 Å². The van der Waals surface area contributed by atoms with Gasteiger partial charge < -0.3 is 14.8 Å². The molecule has 1 aliphatic heterocycles. The van der Waals surface area contributed by atoms with E-state index in [0.29, 0.717) is 12.6 Å². The highest BCUT2D eigenvalue weighted by Gasteiger charge is 2.17. The topological polar surface area (TPSA) is 56.3 Å². The first-order chi connectivity index (χ1) is 8.79. The molecule has 1 fully saturated rings. The minimum absolute atomic E-state index is 0.0147. The molecule has 0 spiro atoms. The summed E-state index contributed by atoms with van der Waals surface area (Å²) in [5.74, 6) is -0.172. The van der Waals surface area contributed by atoms with Crippen LogP contribution < -0.4 is 10.1 Å². The normalized spacial score (nSPS) is 18.9. The van der Waals surface area contributed by atoms with Crippen LogP contribution in [0.4, 0.5) is 10.3 Å². The summed E-state index contributed by atoms with van der Waals surface area (Å²) in [6.07, 6.45) is 4.10. The maximum Gasteiger partial charge on any atom is 0.255 e. The predicted molar refractivity (Wildman–Crippen MR) is 65.2 cm³/mol. The van der Waals surface area contributed by atoms with Gasteiger partial charge in [0.15, 0.2) is 0 Å². The van der Waals surface area contributed by atoms with Gasteiger partial charge in [-0.1, -0.05) is 6.92 Å². The maximum absolute atomic E-state index is 13.4. The maximum atomic E-state index is 13.4. The summed E-state index contributed by atoms with van der Waals surface area (Å²) in [5.41, 5.74) is 0. The Labute approximate surface area is 106 Å². The lowest BCUT2D eigenvalue weighted by atomic mass is 10.2. The lowest BCUT2D eigenvalue weighted by Crippen LogP contribution is -2.18. The van der Waals surface area contributed by atoms with Gasteiger partial charge in [0.1, 0.15) is 6.61 Å². The molecule has 6 heteroatoms. The van der Waals surface area contributed by atoms with E-state index in [9.17, 15) is 4.39 Å². The van der Waals surface area contributed by atoms with Crippen LogP contribution in [0.3, 0.4) is 0 Å². The Hall–Kier alpha value is -1.43. The summed E-state index contributed by atoms with van der Waals surface area (Å²) >= 11 is 0. The highest BCUT2D eigenvalue weighted by Crippen LogP contribution is 2.17. The molecular weight excluding hydrogens is 237 g/mol. The van der Waals surface area contributed by atoms with E-state index in [1.807, 2.05) is 6.92 Å². The molecule has 1 saturated heterocycles. The quantitative estimate of drug-likeness (QED) is 0.842. The molecule has 1 aromatic rings. The van der Waals surface area contributed by atoms with Gasteiger partial charge in [-0.3, -0.25) is 0 Å². The molecule has 0 amide bonds. The molecule has 18 heavy (non-hydrogen) atoms. The minimum atomic E-state index is -0.546. The first-order valence-corrected chi connectivity index (χ1v) is 6.30. The van der Waals surface area contributed by atoms with Crippen LogP contribution in [0.2, 0.25) is 0 Å². The van der Waals surface area contributed by atoms with E-state index in [2.05, 4.69) is 15.3 Å². The lowest BCUT2D eigenvalue weighted by Gasteiger charge is -2.11. The van der Waals surface area contributed by atoms with E-state index in [1.54, 1.807) is 0 Å². The van der Waals surface area contributed by atoms with Crippen molar-refractivity contribution in [2.45, 2.75) is 32.3 Å². The molecule has 0 aliphatic carbocycles. The second kappa shape index (κ2) is 6.49. The largest absolute Gasteiger partial charge is 0.473 e. The molecule has 0 bridgehead atoms. The number of hydrogen-bond donors (Lipinski definition) is 1. The van der Waals surface area contributed by atoms with Gasteiger partial charge in [-0.2, -0.15) is 9.37 Å². The van der Waals surface area contributed by atoms with E-state index in [-0.39, 0.29) is 12.0 Å². The number of nitrogens with zero attached hydrogens (tertiary/aromatic N) is 2. The third-order valence-electron chi connectivity index (χ3n) is 2.67. The first kappa shape index (κ1) is 13.0. The van der Waals surface area contributed by atoms with Gasteiger partial charge in [0.25, 0.3) is 5.88 Å². The molecule has 1 N–H and O–H groups in total. The molecule has 1 aromatic heterocycles. The first-order valence-electron chi connectivity index (χ1n) is 6.30. The number of nitrogens with one attached hydrogen (secondary N) is 1. The summed E-state index contributed by atoms with van der Waals surface area (Å²) < 4.78 is 24.2. The minimum Gasteiger partial charge on any atom is -0.473 e. The zero-order valence-electron chi connectivity index (χ0n) is 10.5. The number of rotatable bonds is 6. The number of aromatic nitrogens is 2. The molecule has 2 heterocycles. The van der Waals surface area contributed by atoms with Gasteiger partial charge in [0, 0.05) is 13.2 Å². The number of hydrogen-bond acceptors (Lipinski definition) is 5. The van der Waals surface area contributed by atoms with Crippen LogP contribution >= 0.6 is 0 Å². The highest BCUT2D eigenvalue weighted by atomic mass is 19.1. The molecule has 5 nitrogen and oxygen atoms in total. The highest BCUT2D eigenvalue weighted by molar-refractivity contribution is 5.28. The smallest absolute Gasteiger partial charge is 0.255 e. The Morgan fingerprint density at radius 1 is 1.61 bits per heavy atom. The van der Waals surface area contributed by atoms with Crippen LogP contribution in [0, 0.1) is 5.82 Å². The Morgan fingerprint density at radius 2 is 2.50 bits per heavy atom. The van der Waals surface area contributed by atoms with Crippen LogP contribution in [-0.2, 0) is 4.74 Å². The van der Waals surface area contributed by atoms with Crippen molar-refractivity contribution in [3.05, 3.63) is 12.0 Å². The molecule has 2 rings (SSSR count). The average Bonchev–Trinajstić information content (AvgIpc) is 2.89. The lowest BCUT2D eigenvalue weighted by molar-refractivity contribution is 0.0647. The van der Waals surface area contributed by atoms with Crippen LogP contribution in [0.15, 0.2) is 6.20 Å². The molecule has 0 radical (unpaired) electrons. The third-order valence-corrected chi connectivity index (χ3v) is 2.67. The third kappa shape index (κ3) is 3.53. The molecular formula is C12H18FN3O2. The van der Waals surface area contributed by atoms with Crippen molar-refractivity contribution in [3.63, 3.8) is 0 Å². The van der Waals surface area contributed by atoms with Crippen LogP contribution in [-0.4, -0.2) is 35.8 Å². The van der Waals surface area contributed by atoms with Crippen molar-refractivity contribution < 1.29 is 13.9 Å². The summed E-state index contributed by atoms with van der Waals surface area (Å²) in [4.78, 5) is 7.84. The zero-order valence-corrected chi connectivity index (χ0v) is 10.5. The van der Waals surface area contributed by atoms with E-state index >= 15 is 0 Å². The van der Waals surface area contributed by atoms with Gasteiger partial charge in [0.2, 0.25) is 11.8 Å². The zero-order chi connectivity index (χ0) is 12.8. The van der Waals surface area contributed by atoms with Crippen molar-refractivity contribution in [1.82, 2.24) is 9.97 Å². The standard InChI is InChI=1S/C12H18FN3O2/c1-2-5-14-12-15-7-10(13)11(16-12)18-8-9-4-3-6-17-9/h7,9H,2-6,8H2,1H3,(H,14,15,16). The van der Waals surface area contributed by atoms with E-state index in [1.165, 1.54) is 0 Å². The van der Waals surface area contributed by atoms with Crippen molar-refractivity contribution in [3.8, 4) is 5.88 Å². The monoisotopic (exact) mass is 255 g/mol. The van der Waals surface area contributed by atoms with E-state index < -0.39 is 5.82 Å². The molecule has 1 unspecified atom stereocenters. The van der Waals surface area contributed by atoms with Crippen molar-refractivity contribution >= 4 is 5.95 Å². The van der Waals surface area contributed by atoms with E-state index in [0.717, 1.165) is 38.6 Å². The fourth-order valence-corrected chi connectivity index (χ4v) is 1.72. The Kier molecular flexibility index (Phi) is 4.69. The Morgan fingerprint density at radius 3 is 3.22 bits per heavy atom. The number of anilines is 1. The fraction of sp³-hybridized carbons (Fsp3) is 0.667. The second-order valence-electron chi connectivity index (χ2n) is 4.22. The summed E-state index contributed by atoms with van der Waals surface area (Å²) in [5, 5.41) is 2.99. The Bertz CT molecular complexity index is 384. The van der Waals surface area contributed by atoms with Crippen LogP contribution in [0.25, 0.3) is 0 Å². The number of ether oxygens (including phenoxy) is 2. The predicted octanol–water partition coefficient (Wildman–Crippen LogP) is 2.00. The van der Waals surface area contributed by atoms with Gasteiger partial charge >= 0.3 is 0 Å². The Balaban J connectivity index is 1.92. The van der Waals surface area contributed by atoms with Crippen molar-refractivity contribution in [2.24, 2.45) is 0 Å². The molecule has 1 atom stereocenters.